The number of rotatable bonds is 7. The zero-order valence-electron chi connectivity index (χ0n) is 17.1. The second-order valence-electron chi connectivity index (χ2n) is 7.05. The first kappa shape index (κ1) is 21.5. The Labute approximate surface area is 190 Å². The number of aryl methyl sites for hydroxylation is 1. The minimum absolute atomic E-state index is 0.103. The molecule has 2 amide bonds. The van der Waals surface area contributed by atoms with Gasteiger partial charge in [-0.3, -0.25) is 14.9 Å². The van der Waals surface area contributed by atoms with E-state index in [0.29, 0.717) is 21.7 Å². The van der Waals surface area contributed by atoms with E-state index in [9.17, 15) is 9.59 Å². The minimum atomic E-state index is -0.397. The molecule has 0 unspecified atom stereocenters. The summed E-state index contributed by atoms with van der Waals surface area (Å²) in [6.45, 7) is 5.88. The molecule has 11 heteroatoms. The summed E-state index contributed by atoms with van der Waals surface area (Å²) in [7, 11) is 0. The Morgan fingerprint density at radius 3 is 2.81 bits per heavy atom. The zero-order chi connectivity index (χ0) is 22.1. The maximum atomic E-state index is 13.2. The van der Waals surface area contributed by atoms with Gasteiger partial charge in [0.05, 0.1) is 43.4 Å². The lowest BCUT2D eigenvalue weighted by Crippen LogP contribution is -2.13. The average Bonchev–Trinajstić information content (AvgIpc) is 3.45. The van der Waals surface area contributed by atoms with Gasteiger partial charge >= 0.3 is 0 Å². The van der Waals surface area contributed by atoms with Gasteiger partial charge < -0.3 is 5.73 Å². The summed E-state index contributed by atoms with van der Waals surface area (Å²) in [5.41, 5.74) is 7.85. The van der Waals surface area contributed by atoms with Gasteiger partial charge in [-0.15, -0.1) is 23.1 Å². The highest BCUT2D eigenvalue weighted by Crippen LogP contribution is 2.33. The van der Waals surface area contributed by atoms with Gasteiger partial charge in [0.1, 0.15) is 0 Å². The molecule has 0 aliphatic heterocycles. The molecule has 4 heterocycles. The molecule has 0 saturated heterocycles. The van der Waals surface area contributed by atoms with Crippen LogP contribution >= 0.6 is 34.4 Å². The van der Waals surface area contributed by atoms with Crippen LogP contribution < -0.4 is 11.1 Å². The standard InChI is InChI=1S/C20H20N6O2S3/c1-10(2)26-17-13(8-22-26)12(7-14(24-17)15-5-4-6-29-15)18(28)25-20-23-11(3)19(31-20)30-9-16(21)27/h4-8,10H,9H2,1-3H3,(H2,21,27)(H,23,25,28). The number of pyridine rings is 1. The number of thiophene rings is 1. The maximum Gasteiger partial charge on any atom is 0.258 e. The van der Waals surface area contributed by atoms with Crippen molar-refractivity contribution in [1.82, 2.24) is 19.7 Å². The van der Waals surface area contributed by atoms with E-state index in [1.165, 1.54) is 23.1 Å². The van der Waals surface area contributed by atoms with Crippen molar-refractivity contribution in [1.29, 1.82) is 0 Å². The molecule has 4 aromatic rings. The Bertz CT molecular complexity index is 1260. The maximum absolute atomic E-state index is 13.2. The monoisotopic (exact) mass is 472 g/mol. The van der Waals surface area contributed by atoms with E-state index in [4.69, 9.17) is 10.7 Å². The van der Waals surface area contributed by atoms with Crippen LogP contribution in [0.15, 0.2) is 34.0 Å². The Morgan fingerprint density at radius 2 is 2.13 bits per heavy atom. The number of amides is 2. The van der Waals surface area contributed by atoms with Crippen LogP contribution in [-0.4, -0.2) is 37.3 Å². The molecule has 3 N–H and O–H groups in total. The second-order valence-corrected chi connectivity index (χ2v) is 10.2. The van der Waals surface area contributed by atoms with Gasteiger partial charge in [0.2, 0.25) is 5.91 Å². The Hall–Kier alpha value is -2.76. The molecule has 0 aromatic carbocycles. The number of aromatic nitrogens is 4. The van der Waals surface area contributed by atoms with Crippen molar-refractivity contribution < 1.29 is 9.59 Å². The SMILES string of the molecule is Cc1nc(NC(=O)c2cc(-c3cccs3)nc3c2cnn3C(C)C)sc1SCC(N)=O. The first-order valence-corrected chi connectivity index (χ1v) is 12.1. The fraction of sp³-hybridized carbons (Fsp3) is 0.250. The van der Waals surface area contributed by atoms with E-state index in [1.54, 1.807) is 23.6 Å². The largest absolute Gasteiger partial charge is 0.369 e. The summed E-state index contributed by atoms with van der Waals surface area (Å²) in [5, 5.41) is 10.5. The lowest BCUT2D eigenvalue weighted by Gasteiger charge is -2.09. The van der Waals surface area contributed by atoms with Crippen LogP contribution in [0.25, 0.3) is 21.6 Å². The third kappa shape index (κ3) is 4.48. The predicted octanol–water partition coefficient (Wildman–Crippen LogP) is 4.34. The summed E-state index contributed by atoms with van der Waals surface area (Å²) < 4.78 is 2.66. The van der Waals surface area contributed by atoms with Crippen molar-refractivity contribution >= 4 is 62.4 Å². The normalized spacial score (nSPS) is 11.4. The quantitative estimate of drug-likeness (QED) is 0.387. The summed E-state index contributed by atoms with van der Waals surface area (Å²) in [4.78, 5) is 34.5. The minimum Gasteiger partial charge on any atom is -0.369 e. The van der Waals surface area contributed by atoms with Crippen LogP contribution in [0.1, 0.15) is 35.9 Å². The summed E-state index contributed by atoms with van der Waals surface area (Å²) >= 11 is 4.20. The van der Waals surface area contributed by atoms with Gasteiger partial charge in [0.15, 0.2) is 10.8 Å². The summed E-state index contributed by atoms with van der Waals surface area (Å²) in [6, 6.07) is 5.82. The van der Waals surface area contributed by atoms with Gasteiger partial charge in [-0.2, -0.15) is 5.10 Å². The molecule has 0 fully saturated rings. The topological polar surface area (TPSA) is 116 Å². The van der Waals surface area contributed by atoms with Gasteiger partial charge in [0.25, 0.3) is 5.91 Å². The number of hydrogen-bond donors (Lipinski definition) is 2. The first-order chi connectivity index (χ1) is 14.8. The number of nitrogens with zero attached hydrogens (tertiary/aromatic N) is 4. The number of anilines is 1. The molecule has 0 aliphatic carbocycles. The van der Waals surface area contributed by atoms with Crippen LogP contribution in [0.2, 0.25) is 0 Å². The fourth-order valence-corrected chi connectivity index (χ4v) is 5.56. The third-order valence-electron chi connectivity index (χ3n) is 4.39. The van der Waals surface area contributed by atoms with Crippen LogP contribution in [0.4, 0.5) is 5.13 Å². The molecule has 160 valence electrons. The molecule has 0 atom stereocenters. The fourth-order valence-electron chi connectivity index (χ4n) is 3.01. The number of fused-ring (bicyclic) bond motifs is 1. The average molecular weight is 473 g/mol. The van der Waals surface area contributed by atoms with Crippen molar-refractivity contribution in [2.75, 3.05) is 11.1 Å². The molecule has 0 aliphatic rings. The number of primary amides is 1. The van der Waals surface area contributed by atoms with Crippen LogP contribution in [0.3, 0.4) is 0 Å². The number of carbonyl (C=O) groups is 2. The van der Waals surface area contributed by atoms with Crippen molar-refractivity contribution in [3.05, 3.63) is 41.0 Å². The number of nitrogens with one attached hydrogen (secondary N) is 1. The summed E-state index contributed by atoms with van der Waals surface area (Å²) in [6.07, 6.45) is 1.68. The Balaban J connectivity index is 1.71. The number of carbonyl (C=O) groups excluding carboxylic acids is 2. The highest BCUT2D eigenvalue weighted by Gasteiger charge is 2.20. The predicted molar refractivity (Wildman–Crippen MR) is 126 cm³/mol. The molecule has 0 radical (unpaired) electrons. The number of thiazole rings is 1. The Morgan fingerprint density at radius 1 is 1.32 bits per heavy atom. The molecular formula is C20H20N6O2S3. The molecular weight excluding hydrogens is 452 g/mol. The number of hydrogen-bond acceptors (Lipinski definition) is 8. The van der Waals surface area contributed by atoms with Gasteiger partial charge in [-0.05, 0) is 38.3 Å². The Kier molecular flexibility index (Phi) is 6.08. The molecule has 0 spiro atoms. The number of thioether (sulfide) groups is 1. The number of nitrogens with two attached hydrogens (primary N) is 1. The van der Waals surface area contributed by atoms with Gasteiger partial charge in [-0.1, -0.05) is 17.4 Å². The van der Waals surface area contributed by atoms with Crippen molar-refractivity contribution in [3.63, 3.8) is 0 Å². The van der Waals surface area contributed by atoms with Gasteiger partial charge in [-0.25, -0.2) is 14.6 Å². The van der Waals surface area contributed by atoms with E-state index < -0.39 is 5.91 Å². The third-order valence-corrected chi connectivity index (χ3v) is 7.74. The van der Waals surface area contributed by atoms with Crippen LogP contribution in [0.5, 0.6) is 0 Å². The van der Waals surface area contributed by atoms with Crippen LogP contribution in [0, 0.1) is 6.92 Å². The van der Waals surface area contributed by atoms with E-state index in [0.717, 1.165) is 20.5 Å². The van der Waals surface area contributed by atoms with Gasteiger partial charge in [0, 0.05) is 6.04 Å². The van der Waals surface area contributed by atoms with E-state index >= 15 is 0 Å². The van der Waals surface area contributed by atoms with Crippen LogP contribution in [-0.2, 0) is 4.79 Å². The van der Waals surface area contributed by atoms with E-state index in [2.05, 4.69) is 15.4 Å². The van der Waals surface area contributed by atoms with Crippen molar-refractivity contribution in [3.8, 4) is 10.6 Å². The molecule has 0 saturated carbocycles. The van der Waals surface area contributed by atoms with E-state index in [-0.39, 0.29) is 17.7 Å². The molecule has 8 nitrogen and oxygen atoms in total. The summed E-state index contributed by atoms with van der Waals surface area (Å²) in [5.74, 6) is -0.514. The van der Waals surface area contributed by atoms with Crippen molar-refractivity contribution in [2.24, 2.45) is 5.73 Å². The van der Waals surface area contributed by atoms with E-state index in [1.807, 2.05) is 43.0 Å². The molecule has 4 rings (SSSR count). The smallest absolute Gasteiger partial charge is 0.258 e. The van der Waals surface area contributed by atoms with Crippen molar-refractivity contribution in [2.45, 2.75) is 31.0 Å². The molecule has 0 bridgehead atoms. The molecule has 31 heavy (non-hydrogen) atoms. The lowest BCUT2D eigenvalue weighted by molar-refractivity contribution is -0.115. The zero-order valence-corrected chi connectivity index (χ0v) is 19.5. The lowest BCUT2D eigenvalue weighted by atomic mass is 10.1. The highest BCUT2D eigenvalue weighted by atomic mass is 32.2. The second kappa shape index (κ2) is 8.77. The highest BCUT2D eigenvalue weighted by molar-refractivity contribution is 8.01. The molecule has 4 aromatic heterocycles. The first-order valence-electron chi connectivity index (χ1n) is 9.45.